The van der Waals surface area contributed by atoms with Crippen molar-refractivity contribution < 1.29 is 18.3 Å². The molecule has 0 radical (unpaired) electrons. The normalized spacial score (nSPS) is 20.2. The molecule has 2 N–H and O–H groups in total. The zero-order valence-corrected chi connectivity index (χ0v) is 18.3. The molecule has 0 unspecified atom stereocenters. The van der Waals surface area contributed by atoms with Crippen molar-refractivity contribution in [3.8, 4) is 5.75 Å². The number of aromatic nitrogens is 2. The van der Waals surface area contributed by atoms with Gasteiger partial charge in [-0.15, -0.1) is 0 Å². The summed E-state index contributed by atoms with van der Waals surface area (Å²) in [5, 5.41) is 12.3. The van der Waals surface area contributed by atoms with Gasteiger partial charge in [0.2, 0.25) is 10.0 Å². The fraction of sp³-hybridized carbons (Fsp3) is 0.208. The molecule has 0 saturated carbocycles. The van der Waals surface area contributed by atoms with Gasteiger partial charge in [-0.25, -0.2) is 8.42 Å². The first-order valence-corrected chi connectivity index (χ1v) is 11.7. The van der Waals surface area contributed by atoms with Crippen LogP contribution in [-0.2, 0) is 23.0 Å². The highest BCUT2D eigenvalue weighted by atomic mass is 32.2. The molecule has 8 heteroatoms. The van der Waals surface area contributed by atoms with Gasteiger partial charge in [0.15, 0.2) is 0 Å². The molecule has 1 aliphatic heterocycles. The summed E-state index contributed by atoms with van der Waals surface area (Å²) in [4.78, 5) is 7.50. The molecule has 0 fully saturated rings. The number of methoxy groups -OCH3 is 1. The number of nitrogens with one attached hydrogen (secondary N) is 1. The van der Waals surface area contributed by atoms with Crippen molar-refractivity contribution in [2.24, 2.45) is 0 Å². The van der Waals surface area contributed by atoms with Crippen molar-refractivity contribution in [3.63, 3.8) is 0 Å². The van der Waals surface area contributed by atoms with Gasteiger partial charge >= 0.3 is 0 Å². The summed E-state index contributed by atoms with van der Waals surface area (Å²) < 4.78 is 33.9. The molecule has 0 aliphatic carbocycles. The van der Waals surface area contributed by atoms with E-state index in [0.717, 1.165) is 27.8 Å². The Bertz CT molecular complexity index is 1370. The molecule has 5 rings (SSSR count). The lowest BCUT2D eigenvalue weighted by Gasteiger charge is -2.39. The topological polar surface area (TPSA) is 95.5 Å². The van der Waals surface area contributed by atoms with E-state index in [-0.39, 0.29) is 11.4 Å². The van der Waals surface area contributed by atoms with Crippen LogP contribution >= 0.6 is 0 Å². The number of aliphatic hydroxyl groups excluding tert-OH is 1. The van der Waals surface area contributed by atoms with Gasteiger partial charge in [-0.1, -0.05) is 24.3 Å². The summed E-state index contributed by atoms with van der Waals surface area (Å²) in [6, 6.07) is 15.3. The lowest BCUT2D eigenvalue weighted by molar-refractivity contribution is 0.0771. The van der Waals surface area contributed by atoms with Gasteiger partial charge in [0, 0.05) is 47.7 Å². The number of pyridine rings is 1. The van der Waals surface area contributed by atoms with Crippen LogP contribution in [0.3, 0.4) is 0 Å². The third-order valence-corrected chi connectivity index (χ3v) is 7.97. The lowest BCUT2D eigenvalue weighted by Crippen LogP contribution is -2.48. The van der Waals surface area contributed by atoms with Gasteiger partial charge in [-0.2, -0.15) is 4.31 Å². The van der Waals surface area contributed by atoms with Crippen LogP contribution in [0.5, 0.6) is 5.75 Å². The molecule has 2 aromatic carbocycles. The molecule has 3 heterocycles. The number of fused-ring (bicyclic) bond motifs is 2. The van der Waals surface area contributed by atoms with Crippen molar-refractivity contribution in [2.75, 3.05) is 7.11 Å². The van der Waals surface area contributed by atoms with Gasteiger partial charge in [0.05, 0.1) is 24.2 Å². The number of rotatable bonds is 5. The smallest absolute Gasteiger partial charge is 0.244 e. The Labute approximate surface area is 186 Å². The molecule has 7 nitrogen and oxygen atoms in total. The maximum atomic E-state index is 13.6. The van der Waals surface area contributed by atoms with Crippen LogP contribution in [-0.4, -0.2) is 40.9 Å². The summed E-state index contributed by atoms with van der Waals surface area (Å²) >= 11 is 0. The Kier molecular flexibility index (Phi) is 5.21. The molecule has 0 spiro atoms. The summed E-state index contributed by atoms with van der Waals surface area (Å²) in [6.07, 6.45) is 4.55. The number of hydrogen-bond acceptors (Lipinski definition) is 5. The highest BCUT2D eigenvalue weighted by Gasteiger charge is 2.43. The van der Waals surface area contributed by atoms with Crippen molar-refractivity contribution >= 4 is 20.9 Å². The van der Waals surface area contributed by atoms with E-state index in [4.69, 9.17) is 4.74 Å². The van der Waals surface area contributed by atoms with Gasteiger partial charge in [0.1, 0.15) is 5.75 Å². The molecule has 2 atom stereocenters. The highest BCUT2D eigenvalue weighted by molar-refractivity contribution is 7.89. The maximum absolute atomic E-state index is 13.6. The highest BCUT2D eigenvalue weighted by Crippen LogP contribution is 2.39. The zero-order valence-electron chi connectivity index (χ0n) is 17.5. The summed E-state index contributed by atoms with van der Waals surface area (Å²) in [6.45, 7) is 0.127. The number of aromatic amines is 1. The first-order valence-electron chi connectivity index (χ1n) is 10.3. The van der Waals surface area contributed by atoms with Gasteiger partial charge in [-0.05, 0) is 41.8 Å². The molecule has 4 aromatic rings. The molecule has 1 aliphatic rings. The molecule has 164 valence electrons. The Morgan fingerprint density at radius 1 is 1.16 bits per heavy atom. The fourth-order valence-electron chi connectivity index (χ4n) is 4.40. The van der Waals surface area contributed by atoms with E-state index >= 15 is 0 Å². The fourth-order valence-corrected chi connectivity index (χ4v) is 6.26. The first kappa shape index (κ1) is 20.7. The Balaban J connectivity index is 1.59. The van der Waals surface area contributed by atoms with E-state index < -0.39 is 22.2 Å². The number of ether oxygens (including phenoxy) is 1. The average molecular weight is 450 g/mol. The van der Waals surface area contributed by atoms with Gasteiger partial charge in [-0.3, -0.25) is 4.98 Å². The maximum Gasteiger partial charge on any atom is 0.244 e. The third-order valence-electron chi connectivity index (χ3n) is 6.02. The molecule has 0 bridgehead atoms. The van der Waals surface area contributed by atoms with Crippen LogP contribution in [0, 0.1) is 0 Å². The Morgan fingerprint density at radius 3 is 2.78 bits per heavy atom. The van der Waals surface area contributed by atoms with E-state index in [0.29, 0.717) is 12.0 Å². The molecule has 0 saturated heterocycles. The van der Waals surface area contributed by atoms with Crippen LogP contribution < -0.4 is 4.74 Å². The Hall–Kier alpha value is -3.20. The van der Waals surface area contributed by atoms with E-state index in [1.165, 1.54) is 4.31 Å². The van der Waals surface area contributed by atoms with Crippen molar-refractivity contribution in [2.45, 2.75) is 30.0 Å². The number of aliphatic hydroxyl groups is 1. The standard InChI is InChI=1S/C24H23N3O4S/c1-31-18-8-9-19-17(14-26-21(19)12-18)11-22-24(28)20-6-2-3-7-23(20)32(29,30)27(22)15-16-5-4-10-25-13-16/h2-10,12-14,22,24,26,28H,11,15H2,1H3/t22-,24+/m1/s1. The van der Waals surface area contributed by atoms with Crippen molar-refractivity contribution in [3.05, 3.63) is 89.9 Å². The minimum atomic E-state index is -3.81. The second-order valence-corrected chi connectivity index (χ2v) is 9.75. The number of nitrogens with zero attached hydrogens (tertiary/aromatic N) is 2. The SMILES string of the molecule is COc1ccc2c(C[C@@H]3[C@@H](O)c4ccccc4S(=O)(=O)N3Cc3cccnc3)c[nH]c2c1. The van der Waals surface area contributed by atoms with E-state index in [2.05, 4.69) is 9.97 Å². The van der Waals surface area contributed by atoms with Gasteiger partial charge < -0.3 is 14.8 Å². The predicted octanol–water partition coefficient (Wildman–Crippen LogP) is 3.42. The van der Waals surface area contributed by atoms with E-state index in [1.54, 1.807) is 49.8 Å². The summed E-state index contributed by atoms with van der Waals surface area (Å²) in [5.41, 5.74) is 3.02. The number of benzene rings is 2. The van der Waals surface area contributed by atoms with Crippen LogP contribution in [0.25, 0.3) is 10.9 Å². The van der Waals surface area contributed by atoms with Crippen molar-refractivity contribution in [1.82, 2.24) is 14.3 Å². The van der Waals surface area contributed by atoms with Crippen LogP contribution in [0.4, 0.5) is 0 Å². The molecule has 2 aromatic heterocycles. The van der Waals surface area contributed by atoms with Crippen molar-refractivity contribution in [1.29, 1.82) is 0 Å². The number of hydrogen-bond donors (Lipinski definition) is 2. The quantitative estimate of drug-likeness (QED) is 0.487. The molecule has 32 heavy (non-hydrogen) atoms. The third kappa shape index (κ3) is 3.46. The largest absolute Gasteiger partial charge is 0.497 e. The average Bonchev–Trinajstić information content (AvgIpc) is 3.22. The molecular formula is C24H23N3O4S. The summed E-state index contributed by atoms with van der Waals surface area (Å²) in [5.74, 6) is 0.735. The lowest BCUT2D eigenvalue weighted by atomic mass is 9.95. The predicted molar refractivity (Wildman–Crippen MR) is 121 cm³/mol. The second-order valence-electron chi connectivity index (χ2n) is 7.89. The zero-order chi connectivity index (χ0) is 22.3. The van der Waals surface area contributed by atoms with E-state index in [1.807, 2.05) is 30.5 Å². The minimum Gasteiger partial charge on any atom is -0.497 e. The molecular weight excluding hydrogens is 426 g/mol. The van der Waals surface area contributed by atoms with Crippen LogP contribution in [0.15, 0.2) is 78.1 Å². The monoisotopic (exact) mass is 449 g/mol. The molecule has 0 amide bonds. The van der Waals surface area contributed by atoms with Crippen LogP contribution in [0.1, 0.15) is 22.8 Å². The summed E-state index contributed by atoms with van der Waals surface area (Å²) in [7, 11) is -2.20. The van der Waals surface area contributed by atoms with E-state index in [9.17, 15) is 13.5 Å². The second kappa shape index (κ2) is 8.05. The number of sulfonamides is 1. The van der Waals surface area contributed by atoms with Crippen LogP contribution in [0.2, 0.25) is 0 Å². The Morgan fingerprint density at radius 2 is 2.00 bits per heavy atom. The van der Waals surface area contributed by atoms with Gasteiger partial charge in [0.25, 0.3) is 0 Å². The number of H-pyrrole nitrogens is 1. The first-order chi connectivity index (χ1) is 15.5. The minimum absolute atomic E-state index is 0.127.